The van der Waals surface area contributed by atoms with Gasteiger partial charge in [0.15, 0.2) is 0 Å². The molecule has 2 aliphatic rings. The number of piperidine rings is 1. The Balaban J connectivity index is 1.49. The maximum atomic E-state index is 6.33. The molecule has 2 atom stereocenters. The summed E-state index contributed by atoms with van der Waals surface area (Å²) in [6, 6.07) is 12.1. The summed E-state index contributed by atoms with van der Waals surface area (Å²) in [6.07, 6.45) is 9.21. The standard InChI is InChI=1S/C18H28N2/c19-17-8-4-5-9-18(17)20-12-10-16(11-13-20)14-15-6-2-1-3-7-15/h1-3,6-7,16-18H,4-5,8-14,19H2. The Bertz CT molecular complexity index is 395. The topological polar surface area (TPSA) is 29.3 Å². The molecule has 0 radical (unpaired) electrons. The van der Waals surface area contributed by atoms with Crippen molar-refractivity contribution in [1.82, 2.24) is 4.90 Å². The van der Waals surface area contributed by atoms with E-state index in [1.165, 1.54) is 63.6 Å². The Morgan fingerprint density at radius 3 is 2.35 bits per heavy atom. The zero-order valence-electron chi connectivity index (χ0n) is 12.5. The van der Waals surface area contributed by atoms with E-state index in [4.69, 9.17) is 5.73 Å². The average molecular weight is 272 g/mol. The highest BCUT2D eigenvalue weighted by Crippen LogP contribution is 2.28. The first-order chi connectivity index (χ1) is 9.83. The molecular formula is C18H28N2. The van der Waals surface area contributed by atoms with Crippen molar-refractivity contribution in [2.45, 2.75) is 57.0 Å². The van der Waals surface area contributed by atoms with Crippen LogP contribution in [-0.4, -0.2) is 30.1 Å². The summed E-state index contributed by atoms with van der Waals surface area (Å²) in [4.78, 5) is 2.69. The monoisotopic (exact) mass is 272 g/mol. The summed E-state index contributed by atoms with van der Waals surface area (Å²) in [7, 11) is 0. The van der Waals surface area contributed by atoms with Crippen LogP contribution in [0.1, 0.15) is 44.1 Å². The van der Waals surface area contributed by atoms with Crippen LogP contribution in [0.4, 0.5) is 0 Å². The lowest BCUT2D eigenvalue weighted by atomic mass is 9.85. The van der Waals surface area contributed by atoms with Crippen LogP contribution in [0, 0.1) is 5.92 Å². The van der Waals surface area contributed by atoms with E-state index < -0.39 is 0 Å². The van der Waals surface area contributed by atoms with E-state index in [9.17, 15) is 0 Å². The van der Waals surface area contributed by atoms with Gasteiger partial charge in [-0.25, -0.2) is 0 Å². The van der Waals surface area contributed by atoms with Crippen LogP contribution in [-0.2, 0) is 6.42 Å². The van der Waals surface area contributed by atoms with E-state index in [2.05, 4.69) is 35.2 Å². The van der Waals surface area contributed by atoms with Crippen molar-refractivity contribution in [3.05, 3.63) is 35.9 Å². The van der Waals surface area contributed by atoms with Crippen molar-refractivity contribution in [3.63, 3.8) is 0 Å². The number of likely N-dealkylation sites (tertiary alicyclic amines) is 1. The van der Waals surface area contributed by atoms with Gasteiger partial charge in [-0.3, -0.25) is 4.90 Å². The van der Waals surface area contributed by atoms with Crippen LogP contribution in [0.25, 0.3) is 0 Å². The number of nitrogens with two attached hydrogens (primary N) is 1. The van der Waals surface area contributed by atoms with Crippen LogP contribution >= 0.6 is 0 Å². The van der Waals surface area contributed by atoms with Gasteiger partial charge in [0.2, 0.25) is 0 Å². The molecule has 110 valence electrons. The van der Waals surface area contributed by atoms with E-state index in [1.54, 1.807) is 0 Å². The molecule has 0 bridgehead atoms. The summed E-state index contributed by atoms with van der Waals surface area (Å²) >= 11 is 0. The zero-order valence-corrected chi connectivity index (χ0v) is 12.5. The van der Waals surface area contributed by atoms with Crippen molar-refractivity contribution >= 4 is 0 Å². The third-order valence-electron chi connectivity index (χ3n) is 5.27. The van der Waals surface area contributed by atoms with Gasteiger partial charge < -0.3 is 5.73 Å². The van der Waals surface area contributed by atoms with Crippen LogP contribution < -0.4 is 5.73 Å². The second-order valence-corrected chi connectivity index (χ2v) is 6.68. The molecule has 2 heteroatoms. The molecule has 2 fully saturated rings. The fourth-order valence-electron chi connectivity index (χ4n) is 4.03. The van der Waals surface area contributed by atoms with Gasteiger partial charge in [-0.15, -0.1) is 0 Å². The van der Waals surface area contributed by atoms with Gasteiger partial charge in [-0.1, -0.05) is 43.2 Å². The molecule has 1 saturated heterocycles. The second-order valence-electron chi connectivity index (χ2n) is 6.68. The van der Waals surface area contributed by atoms with Crippen molar-refractivity contribution in [3.8, 4) is 0 Å². The summed E-state index contributed by atoms with van der Waals surface area (Å²) in [5.74, 6) is 0.869. The van der Waals surface area contributed by atoms with E-state index in [0.717, 1.165) is 5.92 Å². The van der Waals surface area contributed by atoms with Gasteiger partial charge >= 0.3 is 0 Å². The molecule has 2 unspecified atom stereocenters. The Morgan fingerprint density at radius 2 is 1.65 bits per heavy atom. The Morgan fingerprint density at radius 1 is 0.950 bits per heavy atom. The van der Waals surface area contributed by atoms with Gasteiger partial charge in [-0.2, -0.15) is 0 Å². The summed E-state index contributed by atoms with van der Waals surface area (Å²) in [5.41, 5.74) is 7.83. The molecule has 0 amide bonds. The molecule has 1 aliphatic heterocycles. The molecule has 1 aliphatic carbocycles. The van der Waals surface area contributed by atoms with Crippen LogP contribution in [0.2, 0.25) is 0 Å². The Labute approximate surface area is 123 Å². The minimum Gasteiger partial charge on any atom is -0.326 e. The van der Waals surface area contributed by atoms with Gasteiger partial charge in [0.25, 0.3) is 0 Å². The summed E-state index contributed by atoms with van der Waals surface area (Å²) < 4.78 is 0. The molecule has 1 aromatic carbocycles. The normalized spacial score (nSPS) is 29.4. The van der Waals surface area contributed by atoms with Crippen LogP contribution in [0.15, 0.2) is 30.3 Å². The number of hydrogen-bond donors (Lipinski definition) is 1. The smallest absolute Gasteiger partial charge is 0.0247 e. The maximum Gasteiger partial charge on any atom is 0.0247 e. The third kappa shape index (κ3) is 3.42. The summed E-state index contributed by atoms with van der Waals surface area (Å²) in [5, 5.41) is 0. The molecule has 0 aromatic heterocycles. The quantitative estimate of drug-likeness (QED) is 0.915. The van der Waals surface area contributed by atoms with E-state index in [1.807, 2.05) is 0 Å². The average Bonchev–Trinajstić information content (AvgIpc) is 2.50. The first kappa shape index (κ1) is 14.1. The van der Waals surface area contributed by atoms with Crippen molar-refractivity contribution in [2.75, 3.05) is 13.1 Å². The SMILES string of the molecule is NC1CCCCC1N1CCC(Cc2ccccc2)CC1. The maximum absolute atomic E-state index is 6.33. The lowest BCUT2D eigenvalue weighted by molar-refractivity contribution is 0.0937. The van der Waals surface area contributed by atoms with Crippen molar-refractivity contribution in [1.29, 1.82) is 0 Å². The van der Waals surface area contributed by atoms with Gasteiger partial charge in [-0.05, 0) is 56.7 Å². The predicted molar refractivity (Wildman–Crippen MR) is 84.7 cm³/mol. The van der Waals surface area contributed by atoms with Crippen molar-refractivity contribution in [2.24, 2.45) is 11.7 Å². The molecule has 0 spiro atoms. The van der Waals surface area contributed by atoms with Gasteiger partial charge in [0.1, 0.15) is 0 Å². The molecule has 20 heavy (non-hydrogen) atoms. The third-order valence-corrected chi connectivity index (χ3v) is 5.27. The molecule has 1 saturated carbocycles. The molecule has 2 N–H and O–H groups in total. The number of nitrogens with zero attached hydrogens (tertiary/aromatic N) is 1. The highest BCUT2D eigenvalue weighted by molar-refractivity contribution is 5.15. The Hall–Kier alpha value is -0.860. The summed E-state index contributed by atoms with van der Waals surface area (Å²) in [6.45, 7) is 2.52. The van der Waals surface area contributed by atoms with Crippen LogP contribution in [0.5, 0.6) is 0 Å². The number of benzene rings is 1. The first-order valence-corrected chi connectivity index (χ1v) is 8.36. The molecular weight excluding hydrogens is 244 g/mol. The molecule has 1 heterocycles. The molecule has 1 aromatic rings. The fraction of sp³-hybridized carbons (Fsp3) is 0.667. The van der Waals surface area contributed by atoms with E-state index >= 15 is 0 Å². The molecule has 2 nitrogen and oxygen atoms in total. The van der Waals surface area contributed by atoms with E-state index in [-0.39, 0.29) is 0 Å². The largest absolute Gasteiger partial charge is 0.326 e. The van der Waals surface area contributed by atoms with Crippen LogP contribution in [0.3, 0.4) is 0 Å². The van der Waals surface area contributed by atoms with Crippen molar-refractivity contribution < 1.29 is 0 Å². The lowest BCUT2D eigenvalue weighted by Gasteiger charge is -2.42. The highest BCUT2D eigenvalue weighted by atomic mass is 15.2. The molecule has 3 rings (SSSR count). The fourth-order valence-corrected chi connectivity index (χ4v) is 4.03. The lowest BCUT2D eigenvalue weighted by Crippen LogP contribution is -2.52. The highest BCUT2D eigenvalue weighted by Gasteiger charge is 2.30. The number of rotatable bonds is 3. The number of hydrogen-bond acceptors (Lipinski definition) is 2. The predicted octanol–water partition coefficient (Wildman–Crippen LogP) is 3.21. The van der Waals surface area contributed by atoms with Gasteiger partial charge in [0, 0.05) is 12.1 Å². The van der Waals surface area contributed by atoms with Gasteiger partial charge in [0.05, 0.1) is 0 Å². The second kappa shape index (κ2) is 6.73. The Kier molecular flexibility index (Phi) is 4.74. The zero-order chi connectivity index (χ0) is 13.8. The minimum absolute atomic E-state index is 0.425. The minimum atomic E-state index is 0.425. The van der Waals surface area contributed by atoms with E-state index in [0.29, 0.717) is 12.1 Å². The first-order valence-electron chi connectivity index (χ1n) is 8.36.